The minimum absolute atomic E-state index is 0.338. The summed E-state index contributed by atoms with van der Waals surface area (Å²) < 4.78 is 1.56. The van der Waals surface area contributed by atoms with Crippen LogP contribution in [0.4, 0.5) is 5.69 Å². The van der Waals surface area contributed by atoms with E-state index in [2.05, 4.69) is 37.2 Å². The SMILES string of the molecule is N#Cc1ccc(Br)cc1NC(=O)c1ccc(Br)cc1Cl. The first-order chi connectivity index (χ1) is 9.51. The average molecular weight is 414 g/mol. The van der Waals surface area contributed by atoms with Crippen LogP contribution in [-0.4, -0.2) is 5.91 Å². The van der Waals surface area contributed by atoms with E-state index in [-0.39, 0.29) is 5.91 Å². The zero-order valence-electron chi connectivity index (χ0n) is 9.95. The summed E-state index contributed by atoms with van der Waals surface area (Å²) in [7, 11) is 0. The van der Waals surface area contributed by atoms with E-state index in [0.717, 1.165) is 8.95 Å². The Labute approximate surface area is 137 Å². The third-order valence-electron chi connectivity index (χ3n) is 2.53. The Morgan fingerprint density at radius 1 is 1.15 bits per heavy atom. The maximum Gasteiger partial charge on any atom is 0.257 e. The lowest BCUT2D eigenvalue weighted by molar-refractivity contribution is 0.102. The first kappa shape index (κ1) is 15.0. The van der Waals surface area contributed by atoms with E-state index in [9.17, 15) is 4.79 Å². The van der Waals surface area contributed by atoms with Crippen LogP contribution >= 0.6 is 43.5 Å². The fraction of sp³-hybridized carbons (Fsp3) is 0. The van der Waals surface area contributed by atoms with E-state index < -0.39 is 0 Å². The second kappa shape index (κ2) is 6.40. The van der Waals surface area contributed by atoms with Crippen molar-refractivity contribution in [2.75, 3.05) is 5.32 Å². The molecule has 0 atom stereocenters. The lowest BCUT2D eigenvalue weighted by Gasteiger charge is -2.09. The summed E-state index contributed by atoms with van der Waals surface area (Å²) in [6.07, 6.45) is 0. The average Bonchev–Trinajstić information content (AvgIpc) is 2.38. The number of carbonyl (C=O) groups is 1. The number of benzene rings is 2. The van der Waals surface area contributed by atoms with Gasteiger partial charge in [-0.2, -0.15) is 5.26 Å². The number of carbonyl (C=O) groups excluding carboxylic acids is 1. The smallest absolute Gasteiger partial charge is 0.257 e. The van der Waals surface area contributed by atoms with Crippen molar-refractivity contribution in [1.29, 1.82) is 5.26 Å². The molecule has 0 aliphatic rings. The molecule has 0 spiro atoms. The van der Waals surface area contributed by atoms with Crippen molar-refractivity contribution < 1.29 is 4.79 Å². The van der Waals surface area contributed by atoms with Crippen molar-refractivity contribution in [2.45, 2.75) is 0 Å². The van der Waals surface area contributed by atoms with Gasteiger partial charge < -0.3 is 5.32 Å². The Hall–Kier alpha value is -1.35. The summed E-state index contributed by atoms with van der Waals surface area (Å²) in [5, 5.41) is 12.1. The number of hydrogen-bond donors (Lipinski definition) is 1. The molecule has 6 heteroatoms. The third kappa shape index (κ3) is 3.40. The number of nitrogens with zero attached hydrogens (tertiary/aromatic N) is 1. The van der Waals surface area contributed by atoms with Crippen molar-refractivity contribution in [3.05, 3.63) is 61.5 Å². The number of amides is 1. The molecule has 20 heavy (non-hydrogen) atoms. The van der Waals surface area contributed by atoms with Crippen LogP contribution in [-0.2, 0) is 0 Å². The number of nitrogens with one attached hydrogen (secondary N) is 1. The molecular weight excluding hydrogens is 407 g/mol. The molecule has 2 aromatic rings. The Morgan fingerprint density at radius 3 is 2.45 bits per heavy atom. The summed E-state index contributed by atoms with van der Waals surface area (Å²) in [5.74, 6) is -0.364. The molecule has 0 heterocycles. The van der Waals surface area contributed by atoms with E-state index in [1.807, 2.05) is 6.07 Å². The lowest BCUT2D eigenvalue weighted by Crippen LogP contribution is -2.13. The van der Waals surface area contributed by atoms with E-state index in [1.54, 1.807) is 36.4 Å². The molecule has 0 saturated carbocycles. The van der Waals surface area contributed by atoms with E-state index in [1.165, 1.54) is 0 Å². The second-order valence-electron chi connectivity index (χ2n) is 3.88. The van der Waals surface area contributed by atoms with Crippen LogP contribution in [0.3, 0.4) is 0 Å². The Bertz CT molecular complexity index is 726. The number of hydrogen-bond acceptors (Lipinski definition) is 2. The molecule has 0 radical (unpaired) electrons. The number of rotatable bonds is 2. The van der Waals surface area contributed by atoms with Crippen molar-refractivity contribution in [3.63, 3.8) is 0 Å². The van der Waals surface area contributed by atoms with Crippen LogP contribution in [0.15, 0.2) is 45.3 Å². The highest BCUT2D eigenvalue weighted by Gasteiger charge is 2.13. The highest BCUT2D eigenvalue weighted by Crippen LogP contribution is 2.25. The molecule has 2 rings (SSSR count). The van der Waals surface area contributed by atoms with Crippen LogP contribution in [0, 0.1) is 11.3 Å². The highest BCUT2D eigenvalue weighted by atomic mass is 79.9. The fourth-order valence-corrected chi connectivity index (χ4v) is 2.70. The maximum atomic E-state index is 12.2. The first-order valence-electron chi connectivity index (χ1n) is 5.47. The first-order valence-corrected chi connectivity index (χ1v) is 7.43. The molecule has 0 saturated heterocycles. The number of anilines is 1. The van der Waals surface area contributed by atoms with Crippen LogP contribution in [0.1, 0.15) is 15.9 Å². The Balaban J connectivity index is 2.33. The molecule has 100 valence electrons. The van der Waals surface area contributed by atoms with Gasteiger partial charge in [0.1, 0.15) is 6.07 Å². The van der Waals surface area contributed by atoms with Crippen molar-refractivity contribution in [2.24, 2.45) is 0 Å². The predicted octanol–water partition coefficient (Wildman–Crippen LogP) is 4.99. The lowest BCUT2D eigenvalue weighted by atomic mass is 10.1. The second-order valence-corrected chi connectivity index (χ2v) is 6.12. The zero-order chi connectivity index (χ0) is 14.7. The molecule has 1 amide bonds. The van der Waals surface area contributed by atoms with Gasteiger partial charge in [0.25, 0.3) is 5.91 Å². The van der Waals surface area contributed by atoms with Gasteiger partial charge in [-0.1, -0.05) is 43.5 Å². The van der Waals surface area contributed by atoms with Crippen molar-refractivity contribution in [3.8, 4) is 6.07 Å². The molecule has 0 unspecified atom stereocenters. The van der Waals surface area contributed by atoms with E-state index in [4.69, 9.17) is 16.9 Å². The zero-order valence-corrected chi connectivity index (χ0v) is 13.9. The summed E-state index contributed by atoms with van der Waals surface area (Å²) in [4.78, 5) is 12.2. The molecule has 2 aromatic carbocycles. The third-order valence-corrected chi connectivity index (χ3v) is 3.83. The van der Waals surface area contributed by atoms with Crippen molar-refractivity contribution >= 4 is 55.1 Å². The van der Waals surface area contributed by atoms with Gasteiger partial charge in [0, 0.05) is 8.95 Å². The molecule has 0 aromatic heterocycles. The van der Waals surface area contributed by atoms with Crippen LogP contribution in [0.25, 0.3) is 0 Å². The van der Waals surface area contributed by atoms with Gasteiger partial charge in [-0.05, 0) is 36.4 Å². The molecule has 1 N–H and O–H groups in total. The summed E-state index contributed by atoms with van der Waals surface area (Å²) >= 11 is 12.6. The minimum atomic E-state index is -0.364. The van der Waals surface area contributed by atoms with Gasteiger partial charge in [-0.25, -0.2) is 0 Å². The normalized spacial score (nSPS) is 9.90. The molecular formula is C14H7Br2ClN2O. The topological polar surface area (TPSA) is 52.9 Å². The quantitative estimate of drug-likeness (QED) is 0.753. The summed E-state index contributed by atoms with van der Waals surface area (Å²) in [5.41, 5.74) is 1.17. The van der Waals surface area contributed by atoms with Gasteiger partial charge in [-0.3, -0.25) is 4.79 Å². The van der Waals surface area contributed by atoms with Gasteiger partial charge in [-0.15, -0.1) is 0 Å². The van der Waals surface area contributed by atoms with Gasteiger partial charge in [0.05, 0.1) is 21.8 Å². The summed E-state index contributed by atoms with van der Waals surface area (Å²) in [6, 6.07) is 12.0. The van der Waals surface area contributed by atoms with Crippen LogP contribution in [0.2, 0.25) is 5.02 Å². The van der Waals surface area contributed by atoms with E-state index >= 15 is 0 Å². The van der Waals surface area contributed by atoms with Crippen LogP contribution in [0.5, 0.6) is 0 Å². The van der Waals surface area contributed by atoms with Crippen molar-refractivity contribution in [1.82, 2.24) is 0 Å². The monoisotopic (exact) mass is 412 g/mol. The predicted molar refractivity (Wildman–Crippen MR) is 86.0 cm³/mol. The van der Waals surface area contributed by atoms with Gasteiger partial charge in [0.2, 0.25) is 0 Å². The Morgan fingerprint density at radius 2 is 1.80 bits per heavy atom. The largest absolute Gasteiger partial charge is 0.321 e. The molecule has 0 bridgehead atoms. The molecule has 0 aliphatic heterocycles. The molecule has 0 fully saturated rings. The highest BCUT2D eigenvalue weighted by molar-refractivity contribution is 9.10. The standard InChI is InChI=1S/C14H7Br2ClN2O/c15-9-3-4-11(12(17)5-9)14(20)19-13-6-10(16)2-1-8(13)7-18/h1-6H,(H,19,20). The van der Waals surface area contributed by atoms with Gasteiger partial charge >= 0.3 is 0 Å². The molecule has 3 nitrogen and oxygen atoms in total. The number of nitriles is 1. The maximum absolute atomic E-state index is 12.2. The summed E-state index contributed by atoms with van der Waals surface area (Å²) in [6.45, 7) is 0. The molecule has 0 aliphatic carbocycles. The van der Waals surface area contributed by atoms with Gasteiger partial charge in [0.15, 0.2) is 0 Å². The van der Waals surface area contributed by atoms with Crippen LogP contribution < -0.4 is 5.32 Å². The Kier molecular flexibility index (Phi) is 4.81. The number of halogens is 3. The minimum Gasteiger partial charge on any atom is -0.321 e. The van der Waals surface area contributed by atoms with E-state index in [0.29, 0.717) is 21.8 Å². The fourth-order valence-electron chi connectivity index (χ4n) is 1.58.